The molecule has 0 saturated carbocycles. The molecule has 0 unspecified atom stereocenters. The summed E-state index contributed by atoms with van der Waals surface area (Å²) in [6.45, 7) is 0.779. The average molecular weight is 327 g/mol. The van der Waals surface area contributed by atoms with E-state index in [0.717, 1.165) is 24.9 Å². The van der Waals surface area contributed by atoms with E-state index in [9.17, 15) is 9.59 Å². The van der Waals surface area contributed by atoms with Crippen molar-refractivity contribution in [1.29, 1.82) is 0 Å². The summed E-state index contributed by atoms with van der Waals surface area (Å²) in [6, 6.07) is 9.58. The molecule has 2 atom stereocenters. The highest BCUT2D eigenvalue weighted by molar-refractivity contribution is 7.08. The van der Waals surface area contributed by atoms with Crippen LogP contribution in [0.2, 0.25) is 0 Å². The maximum atomic E-state index is 12.8. The van der Waals surface area contributed by atoms with Crippen LogP contribution in [0.4, 0.5) is 0 Å². The zero-order valence-electron chi connectivity index (χ0n) is 12.6. The second-order valence-electron chi connectivity index (χ2n) is 5.99. The van der Waals surface area contributed by atoms with Gasteiger partial charge in [0, 0.05) is 12.1 Å². The van der Waals surface area contributed by atoms with Gasteiger partial charge in [0.2, 0.25) is 5.91 Å². The van der Waals surface area contributed by atoms with E-state index in [0.29, 0.717) is 5.56 Å². The Balaban J connectivity index is 1.51. The Morgan fingerprint density at radius 1 is 1.30 bits per heavy atom. The van der Waals surface area contributed by atoms with Crippen molar-refractivity contribution in [3.63, 3.8) is 0 Å². The molecule has 2 aromatic rings. The molecule has 0 bridgehead atoms. The van der Waals surface area contributed by atoms with Gasteiger partial charge < -0.3 is 9.64 Å². The lowest BCUT2D eigenvalue weighted by molar-refractivity contribution is -0.134. The molecule has 1 aromatic carbocycles. The van der Waals surface area contributed by atoms with Crippen LogP contribution in [-0.2, 0) is 9.53 Å². The Bertz CT molecular complexity index is 740. The number of hydrogen-bond acceptors (Lipinski definition) is 4. The lowest BCUT2D eigenvalue weighted by atomic mass is 10.0. The van der Waals surface area contributed by atoms with Crippen LogP contribution in [-0.4, -0.2) is 23.3 Å². The molecule has 0 radical (unpaired) electrons. The molecule has 2 aliphatic heterocycles. The molecule has 1 aromatic heterocycles. The first-order valence-corrected chi connectivity index (χ1v) is 8.80. The van der Waals surface area contributed by atoms with Gasteiger partial charge in [-0.15, -0.1) is 0 Å². The third-order valence-electron chi connectivity index (χ3n) is 4.64. The first kappa shape index (κ1) is 14.5. The van der Waals surface area contributed by atoms with Gasteiger partial charge in [-0.05, 0) is 41.3 Å². The number of rotatable bonds is 3. The van der Waals surface area contributed by atoms with Gasteiger partial charge in [-0.1, -0.05) is 18.2 Å². The van der Waals surface area contributed by atoms with Crippen molar-refractivity contribution in [2.24, 2.45) is 0 Å². The van der Waals surface area contributed by atoms with E-state index < -0.39 is 6.10 Å². The van der Waals surface area contributed by atoms with E-state index in [1.54, 1.807) is 17.4 Å². The number of benzene rings is 1. The molecule has 0 spiro atoms. The number of likely N-dealkylation sites (tertiary alicyclic amines) is 1. The van der Waals surface area contributed by atoms with Crippen molar-refractivity contribution in [3.8, 4) is 0 Å². The third-order valence-corrected chi connectivity index (χ3v) is 5.34. The van der Waals surface area contributed by atoms with Gasteiger partial charge in [0.15, 0.2) is 0 Å². The highest BCUT2D eigenvalue weighted by Gasteiger charge is 2.36. The lowest BCUT2D eigenvalue weighted by Crippen LogP contribution is -2.31. The highest BCUT2D eigenvalue weighted by Crippen LogP contribution is 2.37. The van der Waals surface area contributed by atoms with Gasteiger partial charge in [0.1, 0.15) is 6.10 Å². The van der Waals surface area contributed by atoms with Gasteiger partial charge in [-0.3, -0.25) is 4.79 Å². The fourth-order valence-electron chi connectivity index (χ4n) is 3.52. The van der Waals surface area contributed by atoms with E-state index in [2.05, 4.69) is 11.4 Å². The Morgan fingerprint density at radius 3 is 3.00 bits per heavy atom. The average Bonchev–Trinajstić information content (AvgIpc) is 3.28. The number of esters is 1. The second-order valence-corrected chi connectivity index (χ2v) is 6.77. The number of ether oxygens (including phenoxy) is 1. The molecular formula is C18H17NO3S. The summed E-state index contributed by atoms with van der Waals surface area (Å²) in [6.07, 6.45) is 1.80. The topological polar surface area (TPSA) is 46.6 Å². The molecule has 3 heterocycles. The molecule has 118 valence electrons. The van der Waals surface area contributed by atoms with Gasteiger partial charge >= 0.3 is 5.97 Å². The van der Waals surface area contributed by atoms with Gasteiger partial charge in [-0.25, -0.2) is 4.79 Å². The molecule has 1 amide bonds. The predicted octanol–water partition coefficient (Wildman–Crippen LogP) is 3.71. The van der Waals surface area contributed by atoms with Crippen LogP contribution in [0.15, 0.2) is 41.1 Å². The molecule has 5 heteroatoms. The second kappa shape index (κ2) is 5.81. The Kier molecular flexibility index (Phi) is 3.65. The number of cyclic esters (lactones) is 1. The van der Waals surface area contributed by atoms with Gasteiger partial charge in [-0.2, -0.15) is 11.3 Å². The van der Waals surface area contributed by atoms with Crippen molar-refractivity contribution < 1.29 is 14.3 Å². The van der Waals surface area contributed by atoms with Crippen LogP contribution in [0, 0.1) is 0 Å². The molecule has 0 N–H and O–H groups in total. The fourth-order valence-corrected chi connectivity index (χ4v) is 4.23. The number of fused-ring (bicyclic) bond motifs is 1. The molecule has 23 heavy (non-hydrogen) atoms. The highest BCUT2D eigenvalue weighted by atomic mass is 32.1. The van der Waals surface area contributed by atoms with Gasteiger partial charge in [0.25, 0.3) is 0 Å². The van der Waals surface area contributed by atoms with Gasteiger partial charge in [0.05, 0.1) is 18.0 Å². The van der Waals surface area contributed by atoms with Crippen LogP contribution in [0.3, 0.4) is 0 Å². The van der Waals surface area contributed by atoms with E-state index in [-0.39, 0.29) is 24.3 Å². The molecular weight excluding hydrogens is 310 g/mol. The summed E-state index contributed by atoms with van der Waals surface area (Å²) in [5, 5.41) is 4.16. The van der Waals surface area contributed by atoms with Crippen molar-refractivity contribution in [2.75, 3.05) is 6.54 Å². The minimum atomic E-state index is -0.449. The van der Waals surface area contributed by atoms with E-state index in [1.807, 2.05) is 28.5 Å². The fraction of sp³-hybridized carbons (Fsp3) is 0.333. The molecule has 0 aliphatic carbocycles. The molecule has 1 saturated heterocycles. The summed E-state index contributed by atoms with van der Waals surface area (Å²) in [5.74, 6) is -0.262. The first-order valence-electron chi connectivity index (χ1n) is 7.85. The molecule has 4 nitrogen and oxygen atoms in total. The van der Waals surface area contributed by atoms with Crippen molar-refractivity contribution >= 4 is 23.2 Å². The number of carbonyl (C=O) groups is 2. The first-order chi connectivity index (χ1) is 11.2. The smallest absolute Gasteiger partial charge is 0.339 e. The SMILES string of the molecule is O=C1O[C@H](CC(=O)N2CCC[C@H]2c2ccsc2)c2ccccc21. The Labute approximate surface area is 138 Å². The minimum Gasteiger partial charge on any atom is -0.453 e. The van der Waals surface area contributed by atoms with Crippen LogP contribution in [0.5, 0.6) is 0 Å². The Hall–Kier alpha value is -2.14. The van der Waals surface area contributed by atoms with Crippen LogP contribution in [0.25, 0.3) is 0 Å². The van der Waals surface area contributed by atoms with Crippen molar-refractivity contribution in [1.82, 2.24) is 4.90 Å². The number of thiophene rings is 1. The zero-order chi connectivity index (χ0) is 15.8. The van der Waals surface area contributed by atoms with Crippen LogP contribution >= 0.6 is 11.3 Å². The number of nitrogens with zero attached hydrogens (tertiary/aromatic N) is 1. The molecule has 2 aliphatic rings. The van der Waals surface area contributed by atoms with Crippen LogP contribution in [0.1, 0.15) is 52.9 Å². The summed E-state index contributed by atoms with van der Waals surface area (Å²) < 4.78 is 5.40. The summed E-state index contributed by atoms with van der Waals surface area (Å²) in [4.78, 5) is 26.6. The van der Waals surface area contributed by atoms with E-state index in [4.69, 9.17) is 4.74 Å². The number of carbonyl (C=O) groups excluding carboxylic acids is 2. The summed E-state index contributed by atoms with van der Waals surface area (Å²) in [5.41, 5.74) is 2.63. The third kappa shape index (κ3) is 2.55. The molecule has 1 fully saturated rings. The monoisotopic (exact) mass is 327 g/mol. The maximum Gasteiger partial charge on any atom is 0.339 e. The zero-order valence-corrected chi connectivity index (χ0v) is 13.4. The van der Waals surface area contributed by atoms with E-state index >= 15 is 0 Å². The maximum absolute atomic E-state index is 12.8. The number of amides is 1. The predicted molar refractivity (Wildman–Crippen MR) is 87.2 cm³/mol. The van der Waals surface area contributed by atoms with Crippen molar-refractivity contribution in [2.45, 2.75) is 31.4 Å². The molecule has 4 rings (SSSR count). The number of hydrogen-bond donors (Lipinski definition) is 0. The normalized spacial score (nSPS) is 23.0. The summed E-state index contributed by atoms with van der Waals surface area (Å²) in [7, 11) is 0. The lowest BCUT2D eigenvalue weighted by Gasteiger charge is -2.25. The quantitative estimate of drug-likeness (QED) is 0.807. The summed E-state index contributed by atoms with van der Waals surface area (Å²) >= 11 is 1.66. The Morgan fingerprint density at radius 2 is 2.17 bits per heavy atom. The largest absolute Gasteiger partial charge is 0.453 e. The van der Waals surface area contributed by atoms with Crippen molar-refractivity contribution in [3.05, 3.63) is 57.8 Å². The minimum absolute atomic E-state index is 0.0632. The standard InChI is InChI=1S/C18H17NO3S/c20-17(19-8-3-6-15(19)12-7-9-23-11-12)10-16-13-4-1-2-5-14(13)18(21)22-16/h1-2,4-5,7,9,11,15-16H,3,6,8,10H2/t15-,16+/m0/s1. The van der Waals surface area contributed by atoms with E-state index in [1.165, 1.54) is 5.56 Å². The van der Waals surface area contributed by atoms with Crippen LogP contribution < -0.4 is 0 Å².